The van der Waals surface area contributed by atoms with Gasteiger partial charge in [-0.2, -0.15) is 0 Å². The molecule has 3 aliphatic heterocycles. The highest BCUT2D eigenvalue weighted by atomic mass is 32.2. The number of aromatic nitrogens is 2. The standard InChI is InChI=1S/C27H31N5O4S/c1-19-14-25(31-12-10-30(11-13-31)16-20-4-6-22-24(15-20)35-18-34-22)29-27(28-19)37-17-21-5-7-23(36-21)26(33)32-8-2-3-9-32/h4-7,14-15H,2-3,8-13,16-18H2,1H3. The van der Waals surface area contributed by atoms with Crippen LogP contribution in [-0.4, -0.2) is 71.7 Å². The Morgan fingerprint density at radius 2 is 1.76 bits per heavy atom. The number of aryl methyl sites for hydroxylation is 1. The molecular weight excluding hydrogens is 490 g/mol. The van der Waals surface area contributed by atoms with Gasteiger partial charge in [-0.05, 0) is 49.6 Å². The third kappa shape index (κ3) is 5.55. The van der Waals surface area contributed by atoms with E-state index in [-0.39, 0.29) is 5.91 Å². The molecule has 9 nitrogen and oxygen atoms in total. The van der Waals surface area contributed by atoms with E-state index in [2.05, 4.69) is 33.0 Å². The highest BCUT2D eigenvalue weighted by Crippen LogP contribution is 2.33. The van der Waals surface area contributed by atoms with Crippen LogP contribution in [0.5, 0.6) is 11.5 Å². The van der Waals surface area contributed by atoms with Crippen LogP contribution in [0.15, 0.2) is 46.0 Å². The maximum atomic E-state index is 12.6. The quantitative estimate of drug-likeness (QED) is 0.339. The Balaban J connectivity index is 1.03. The van der Waals surface area contributed by atoms with Gasteiger partial charge in [0.05, 0.1) is 5.75 Å². The maximum Gasteiger partial charge on any atom is 0.289 e. The number of carbonyl (C=O) groups is 1. The Labute approximate surface area is 220 Å². The molecule has 10 heteroatoms. The van der Waals surface area contributed by atoms with E-state index < -0.39 is 0 Å². The van der Waals surface area contributed by atoms with E-state index >= 15 is 0 Å². The highest BCUT2D eigenvalue weighted by molar-refractivity contribution is 7.98. The van der Waals surface area contributed by atoms with Crippen molar-refractivity contribution in [3.63, 3.8) is 0 Å². The van der Waals surface area contributed by atoms with Crippen molar-refractivity contribution >= 4 is 23.5 Å². The molecule has 2 aromatic heterocycles. The Morgan fingerprint density at radius 1 is 0.946 bits per heavy atom. The lowest BCUT2D eigenvalue weighted by Crippen LogP contribution is -2.46. The molecule has 194 valence electrons. The number of rotatable bonds is 7. The predicted octanol–water partition coefficient (Wildman–Crippen LogP) is 3.96. The minimum Gasteiger partial charge on any atom is -0.455 e. The molecule has 0 saturated carbocycles. The van der Waals surface area contributed by atoms with Crippen molar-refractivity contribution in [1.82, 2.24) is 19.8 Å². The molecule has 6 rings (SSSR count). The van der Waals surface area contributed by atoms with Gasteiger partial charge in [0, 0.05) is 57.6 Å². The highest BCUT2D eigenvalue weighted by Gasteiger charge is 2.23. The largest absolute Gasteiger partial charge is 0.455 e. The molecule has 0 bridgehead atoms. The van der Waals surface area contributed by atoms with Gasteiger partial charge in [-0.25, -0.2) is 9.97 Å². The minimum absolute atomic E-state index is 0.0134. The molecular formula is C27H31N5O4S. The number of carbonyl (C=O) groups excluding carboxylic acids is 1. The third-order valence-corrected chi connectivity index (χ3v) is 7.84. The minimum atomic E-state index is -0.0134. The first-order chi connectivity index (χ1) is 18.1. The lowest BCUT2D eigenvalue weighted by Gasteiger charge is -2.35. The summed E-state index contributed by atoms with van der Waals surface area (Å²) < 4.78 is 16.8. The lowest BCUT2D eigenvalue weighted by molar-refractivity contribution is 0.0759. The van der Waals surface area contributed by atoms with Gasteiger partial charge in [0.1, 0.15) is 11.6 Å². The molecule has 0 radical (unpaired) electrons. The van der Waals surface area contributed by atoms with Gasteiger partial charge in [0.25, 0.3) is 5.91 Å². The number of benzene rings is 1. The number of piperazine rings is 1. The number of hydrogen-bond acceptors (Lipinski definition) is 9. The molecule has 0 atom stereocenters. The van der Waals surface area contributed by atoms with Crippen LogP contribution in [0.25, 0.3) is 0 Å². The van der Waals surface area contributed by atoms with Crippen LogP contribution in [0.1, 0.15) is 40.4 Å². The maximum absolute atomic E-state index is 12.6. The molecule has 0 aliphatic carbocycles. The average Bonchev–Trinajstić information content (AvgIpc) is 3.69. The zero-order chi connectivity index (χ0) is 25.2. The van der Waals surface area contributed by atoms with Crippen molar-refractivity contribution in [2.45, 2.75) is 37.2 Å². The van der Waals surface area contributed by atoms with E-state index in [1.807, 2.05) is 24.0 Å². The molecule has 2 saturated heterocycles. The van der Waals surface area contributed by atoms with Crippen LogP contribution in [0.4, 0.5) is 5.82 Å². The molecule has 3 aliphatic rings. The molecule has 0 N–H and O–H groups in total. The van der Waals surface area contributed by atoms with Crippen molar-refractivity contribution < 1.29 is 18.7 Å². The van der Waals surface area contributed by atoms with Gasteiger partial charge >= 0.3 is 0 Å². The lowest BCUT2D eigenvalue weighted by atomic mass is 10.1. The van der Waals surface area contributed by atoms with Gasteiger partial charge in [-0.1, -0.05) is 17.8 Å². The van der Waals surface area contributed by atoms with Gasteiger partial charge in [0.15, 0.2) is 22.4 Å². The number of furan rings is 1. The van der Waals surface area contributed by atoms with E-state index in [9.17, 15) is 4.79 Å². The van der Waals surface area contributed by atoms with Crippen molar-refractivity contribution in [2.75, 3.05) is 51.0 Å². The fourth-order valence-corrected chi connectivity index (χ4v) is 5.76. The van der Waals surface area contributed by atoms with E-state index in [1.165, 1.54) is 17.3 Å². The molecule has 1 amide bonds. The zero-order valence-electron chi connectivity index (χ0n) is 21.0. The number of anilines is 1. The monoisotopic (exact) mass is 521 g/mol. The van der Waals surface area contributed by atoms with Gasteiger partial charge in [-0.3, -0.25) is 9.69 Å². The van der Waals surface area contributed by atoms with E-state index in [0.29, 0.717) is 18.3 Å². The summed E-state index contributed by atoms with van der Waals surface area (Å²) in [4.78, 5) is 28.7. The molecule has 5 heterocycles. The smallest absolute Gasteiger partial charge is 0.289 e. The van der Waals surface area contributed by atoms with Crippen molar-refractivity contribution in [2.24, 2.45) is 0 Å². The van der Waals surface area contributed by atoms with Crippen molar-refractivity contribution in [3.8, 4) is 11.5 Å². The van der Waals surface area contributed by atoms with Crippen LogP contribution in [0, 0.1) is 6.92 Å². The average molecular weight is 522 g/mol. The summed E-state index contributed by atoms with van der Waals surface area (Å²) in [5.74, 6) is 4.37. The summed E-state index contributed by atoms with van der Waals surface area (Å²) in [6.07, 6.45) is 2.13. The Hall–Kier alpha value is -3.24. The van der Waals surface area contributed by atoms with Crippen LogP contribution >= 0.6 is 11.8 Å². The summed E-state index contributed by atoms with van der Waals surface area (Å²) in [5, 5.41) is 0.724. The fourth-order valence-electron chi connectivity index (χ4n) is 4.97. The third-order valence-electron chi connectivity index (χ3n) is 6.97. The summed E-state index contributed by atoms with van der Waals surface area (Å²) in [7, 11) is 0. The van der Waals surface area contributed by atoms with E-state index in [0.717, 1.165) is 92.6 Å². The van der Waals surface area contributed by atoms with Crippen molar-refractivity contribution in [3.05, 3.63) is 59.2 Å². The molecule has 2 fully saturated rings. The summed E-state index contributed by atoms with van der Waals surface area (Å²) in [5.41, 5.74) is 2.18. The Morgan fingerprint density at radius 3 is 2.59 bits per heavy atom. The van der Waals surface area contributed by atoms with Crippen LogP contribution in [0.3, 0.4) is 0 Å². The number of likely N-dealkylation sites (tertiary alicyclic amines) is 1. The first-order valence-corrected chi connectivity index (χ1v) is 13.8. The number of ether oxygens (including phenoxy) is 2. The second kappa shape index (κ2) is 10.6. The van der Waals surface area contributed by atoms with Gasteiger partial charge in [0.2, 0.25) is 6.79 Å². The molecule has 0 spiro atoms. The van der Waals surface area contributed by atoms with E-state index in [4.69, 9.17) is 18.9 Å². The Bertz CT molecular complexity index is 1270. The normalized spacial score (nSPS) is 17.5. The summed E-state index contributed by atoms with van der Waals surface area (Å²) in [6, 6.07) is 11.9. The van der Waals surface area contributed by atoms with E-state index in [1.54, 1.807) is 6.07 Å². The molecule has 3 aromatic rings. The first kappa shape index (κ1) is 24.1. The predicted molar refractivity (Wildman–Crippen MR) is 140 cm³/mol. The molecule has 1 aromatic carbocycles. The van der Waals surface area contributed by atoms with Gasteiger partial charge < -0.3 is 23.7 Å². The number of amides is 1. The SMILES string of the molecule is Cc1cc(N2CCN(Cc3ccc4c(c3)OCO4)CC2)nc(SCc2ccc(C(=O)N3CCCC3)o2)n1. The first-order valence-electron chi connectivity index (χ1n) is 12.8. The van der Waals surface area contributed by atoms with Gasteiger partial charge in [-0.15, -0.1) is 0 Å². The number of fused-ring (bicyclic) bond motifs is 1. The summed E-state index contributed by atoms with van der Waals surface area (Å²) in [6.45, 7) is 8.56. The zero-order valence-corrected chi connectivity index (χ0v) is 21.8. The Kier molecular flexibility index (Phi) is 6.93. The van der Waals surface area contributed by atoms with Crippen LogP contribution in [0.2, 0.25) is 0 Å². The topological polar surface area (TPSA) is 84.2 Å². The second-order valence-electron chi connectivity index (χ2n) is 9.65. The van der Waals surface area contributed by atoms with Crippen LogP contribution < -0.4 is 14.4 Å². The fraction of sp³-hybridized carbons (Fsp3) is 0.444. The number of thioether (sulfide) groups is 1. The summed E-state index contributed by atoms with van der Waals surface area (Å²) >= 11 is 1.54. The number of hydrogen-bond donors (Lipinski definition) is 0. The van der Waals surface area contributed by atoms with Crippen molar-refractivity contribution in [1.29, 1.82) is 0 Å². The molecule has 37 heavy (non-hydrogen) atoms. The molecule has 0 unspecified atom stereocenters. The second-order valence-corrected chi connectivity index (χ2v) is 10.6. The number of nitrogens with zero attached hydrogens (tertiary/aromatic N) is 5. The van der Waals surface area contributed by atoms with Crippen LogP contribution in [-0.2, 0) is 12.3 Å².